The Morgan fingerprint density at radius 1 is 1.11 bits per heavy atom. The second-order valence-corrected chi connectivity index (χ2v) is 6.13. The van der Waals surface area contributed by atoms with Crippen LogP contribution in [0.15, 0.2) is 0 Å². The van der Waals surface area contributed by atoms with Crippen molar-refractivity contribution in [3.8, 4) is 0 Å². The highest BCUT2D eigenvalue weighted by Crippen LogP contribution is 2.24. The number of carbonyl (C=O) groups excluding carboxylic acids is 1. The Labute approximate surface area is 113 Å². The molecule has 0 aromatic rings. The summed E-state index contributed by atoms with van der Waals surface area (Å²) < 4.78 is 0. The van der Waals surface area contributed by atoms with Crippen molar-refractivity contribution in [2.24, 2.45) is 11.8 Å². The lowest BCUT2D eigenvalue weighted by molar-refractivity contribution is -0.132. The summed E-state index contributed by atoms with van der Waals surface area (Å²) in [6, 6.07) is 0. The van der Waals surface area contributed by atoms with Gasteiger partial charge in [0.2, 0.25) is 5.91 Å². The minimum atomic E-state index is 0.397. The maximum atomic E-state index is 12.0. The van der Waals surface area contributed by atoms with Gasteiger partial charge in [0.25, 0.3) is 0 Å². The fourth-order valence-electron chi connectivity index (χ4n) is 2.85. The second-order valence-electron chi connectivity index (χ2n) is 6.13. The molecule has 1 rings (SSSR count). The lowest BCUT2D eigenvalue weighted by atomic mass is 9.86. The molecule has 1 fully saturated rings. The molecule has 106 valence electrons. The van der Waals surface area contributed by atoms with Gasteiger partial charge in [-0.25, -0.2) is 0 Å². The Kier molecular flexibility index (Phi) is 7.38. The number of nitrogens with zero attached hydrogens (tertiary/aromatic N) is 1. The van der Waals surface area contributed by atoms with Crippen molar-refractivity contribution < 1.29 is 4.79 Å². The normalized spacial score (nSPS) is 17.4. The van der Waals surface area contributed by atoms with Crippen LogP contribution in [0.3, 0.4) is 0 Å². The van der Waals surface area contributed by atoms with Gasteiger partial charge in [-0.1, -0.05) is 46.5 Å². The molecule has 1 heterocycles. The zero-order chi connectivity index (χ0) is 13.4. The van der Waals surface area contributed by atoms with Gasteiger partial charge in [0.15, 0.2) is 0 Å². The fraction of sp³-hybridized carbons (Fsp3) is 0.938. The van der Waals surface area contributed by atoms with Gasteiger partial charge in [0.05, 0.1) is 0 Å². The molecule has 18 heavy (non-hydrogen) atoms. The summed E-state index contributed by atoms with van der Waals surface area (Å²) in [5.41, 5.74) is 0. The minimum absolute atomic E-state index is 0.397. The first kappa shape index (κ1) is 15.5. The largest absolute Gasteiger partial charge is 0.343 e. The van der Waals surface area contributed by atoms with E-state index in [1.165, 1.54) is 38.5 Å². The van der Waals surface area contributed by atoms with Gasteiger partial charge in [-0.15, -0.1) is 0 Å². The lowest BCUT2D eigenvalue weighted by Gasteiger charge is -2.34. The van der Waals surface area contributed by atoms with Gasteiger partial charge in [0.1, 0.15) is 0 Å². The first-order valence-corrected chi connectivity index (χ1v) is 7.93. The fourth-order valence-corrected chi connectivity index (χ4v) is 2.85. The zero-order valence-corrected chi connectivity index (χ0v) is 12.6. The first-order valence-electron chi connectivity index (χ1n) is 7.93. The molecule has 0 bridgehead atoms. The molecule has 0 spiro atoms. The zero-order valence-electron chi connectivity index (χ0n) is 12.6. The van der Waals surface area contributed by atoms with Crippen LogP contribution in [-0.2, 0) is 4.79 Å². The highest BCUT2D eigenvalue weighted by molar-refractivity contribution is 5.76. The van der Waals surface area contributed by atoms with Crippen molar-refractivity contribution in [1.82, 2.24) is 4.90 Å². The molecule has 0 aromatic heterocycles. The van der Waals surface area contributed by atoms with Crippen molar-refractivity contribution in [3.05, 3.63) is 0 Å². The van der Waals surface area contributed by atoms with Crippen LogP contribution in [0.25, 0.3) is 0 Å². The van der Waals surface area contributed by atoms with Gasteiger partial charge in [-0.05, 0) is 31.1 Å². The van der Waals surface area contributed by atoms with E-state index in [-0.39, 0.29) is 0 Å². The van der Waals surface area contributed by atoms with Gasteiger partial charge < -0.3 is 4.90 Å². The van der Waals surface area contributed by atoms with Crippen LogP contribution < -0.4 is 0 Å². The molecule has 2 heteroatoms. The van der Waals surface area contributed by atoms with E-state index in [9.17, 15) is 4.79 Å². The van der Waals surface area contributed by atoms with Gasteiger partial charge in [-0.2, -0.15) is 0 Å². The Morgan fingerprint density at radius 2 is 1.72 bits per heavy atom. The predicted molar refractivity (Wildman–Crippen MR) is 77.5 cm³/mol. The van der Waals surface area contributed by atoms with Crippen molar-refractivity contribution in [2.45, 2.75) is 72.1 Å². The third-order valence-electron chi connectivity index (χ3n) is 4.33. The molecule has 2 nitrogen and oxygen atoms in total. The Balaban J connectivity index is 2.12. The first-order chi connectivity index (χ1) is 8.65. The number of hydrogen-bond donors (Lipinski definition) is 0. The van der Waals surface area contributed by atoms with Crippen molar-refractivity contribution in [3.63, 3.8) is 0 Å². The Morgan fingerprint density at radius 3 is 2.28 bits per heavy atom. The molecule has 0 N–H and O–H groups in total. The number of likely N-dealkylation sites (tertiary alicyclic amines) is 1. The lowest BCUT2D eigenvalue weighted by Crippen LogP contribution is -2.39. The highest BCUT2D eigenvalue weighted by atomic mass is 16.2. The van der Waals surface area contributed by atoms with Crippen LogP contribution in [-0.4, -0.2) is 23.9 Å². The van der Waals surface area contributed by atoms with E-state index in [0.29, 0.717) is 5.91 Å². The topological polar surface area (TPSA) is 20.3 Å². The van der Waals surface area contributed by atoms with Crippen molar-refractivity contribution >= 4 is 5.91 Å². The molecule has 0 aromatic carbocycles. The van der Waals surface area contributed by atoms with E-state index in [0.717, 1.165) is 37.8 Å². The number of carbonyl (C=O) groups is 1. The van der Waals surface area contributed by atoms with E-state index >= 15 is 0 Å². The third-order valence-corrected chi connectivity index (χ3v) is 4.33. The summed E-state index contributed by atoms with van der Waals surface area (Å²) in [6.07, 6.45) is 9.38. The molecule has 0 aliphatic carbocycles. The smallest absolute Gasteiger partial charge is 0.222 e. The third kappa shape index (κ3) is 5.41. The molecule has 0 atom stereocenters. The molecule has 1 aliphatic heterocycles. The summed E-state index contributed by atoms with van der Waals surface area (Å²) in [7, 11) is 0. The van der Waals surface area contributed by atoms with Crippen LogP contribution >= 0.6 is 0 Å². The monoisotopic (exact) mass is 253 g/mol. The molecule has 0 saturated carbocycles. The molecule has 1 saturated heterocycles. The van der Waals surface area contributed by atoms with E-state index < -0.39 is 0 Å². The molecule has 1 amide bonds. The number of hydrogen-bond acceptors (Lipinski definition) is 1. The number of unbranched alkanes of at least 4 members (excludes halogenated alkanes) is 4. The standard InChI is InChI=1S/C16H31NO/c1-4-5-6-7-8-9-16(18)17-12-10-15(11-13-17)14(2)3/h14-15H,4-13H2,1-3H3. The van der Waals surface area contributed by atoms with Crippen LogP contribution in [0.4, 0.5) is 0 Å². The summed E-state index contributed by atoms with van der Waals surface area (Å²) in [4.78, 5) is 14.1. The van der Waals surface area contributed by atoms with Crippen LogP contribution in [0.5, 0.6) is 0 Å². The minimum Gasteiger partial charge on any atom is -0.343 e. The Hall–Kier alpha value is -0.530. The molecular weight excluding hydrogens is 222 g/mol. The number of rotatable bonds is 7. The summed E-state index contributed by atoms with van der Waals surface area (Å²) in [5.74, 6) is 2.00. The molecular formula is C16H31NO. The van der Waals surface area contributed by atoms with Crippen molar-refractivity contribution in [2.75, 3.05) is 13.1 Å². The molecule has 0 unspecified atom stereocenters. The number of piperidine rings is 1. The maximum Gasteiger partial charge on any atom is 0.222 e. The SMILES string of the molecule is CCCCCCCC(=O)N1CCC(C(C)C)CC1. The average Bonchev–Trinajstić information content (AvgIpc) is 2.38. The predicted octanol–water partition coefficient (Wildman–Crippen LogP) is 4.24. The van der Waals surface area contributed by atoms with E-state index in [1.54, 1.807) is 0 Å². The summed E-state index contributed by atoms with van der Waals surface area (Å²) >= 11 is 0. The second kappa shape index (κ2) is 8.55. The highest BCUT2D eigenvalue weighted by Gasteiger charge is 2.23. The van der Waals surface area contributed by atoms with E-state index in [4.69, 9.17) is 0 Å². The average molecular weight is 253 g/mol. The summed E-state index contributed by atoms with van der Waals surface area (Å²) in [6.45, 7) is 8.82. The van der Waals surface area contributed by atoms with Crippen LogP contribution in [0.1, 0.15) is 72.1 Å². The van der Waals surface area contributed by atoms with E-state index in [2.05, 4.69) is 25.7 Å². The van der Waals surface area contributed by atoms with Crippen LogP contribution in [0.2, 0.25) is 0 Å². The summed E-state index contributed by atoms with van der Waals surface area (Å²) in [5, 5.41) is 0. The van der Waals surface area contributed by atoms with E-state index in [1.807, 2.05) is 0 Å². The van der Waals surface area contributed by atoms with Crippen molar-refractivity contribution in [1.29, 1.82) is 0 Å². The molecule has 0 radical (unpaired) electrons. The van der Waals surface area contributed by atoms with Crippen LogP contribution in [0, 0.1) is 11.8 Å². The maximum absolute atomic E-state index is 12.0. The quantitative estimate of drug-likeness (QED) is 0.621. The van der Waals surface area contributed by atoms with Gasteiger partial charge in [-0.3, -0.25) is 4.79 Å². The number of amides is 1. The van der Waals surface area contributed by atoms with Gasteiger partial charge in [0, 0.05) is 19.5 Å². The Bertz CT molecular complexity index is 229. The van der Waals surface area contributed by atoms with Gasteiger partial charge >= 0.3 is 0 Å². The molecule has 1 aliphatic rings.